The van der Waals surface area contributed by atoms with E-state index >= 15 is 0 Å². The molecule has 0 radical (unpaired) electrons. The highest BCUT2D eigenvalue weighted by Gasteiger charge is 2.24. The lowest BCUT2D eigenvalue weighted by molar-refractivity contribution is 0.292. The van der Waals surface area contributed by atoms with Crippen molar-refractivity contribution in [1.82, 2.24) is 14.6 Å². The van der Waals surface area contributed by atoms with Crippen molar-refractivity contribution in [3.63, 3.8) is 0 Å². The zero-order valence-corrected chi connectivity index (χ0v) is 13.1. The first-order valence-electron chi connectivity index (χ1n) is 6.54. The van der Waals surface area contributed by atoms with Gasteiger partial charge in [0.2, 0.25) is 10.0 Å². The molecule has 0 saturated carbocycles. The van der Waals surface area contributed by atoms with Gasteiger partial charge in [-0.1, -0.05) is 0 Å². The molecule has 108 valence electrons. The van der Waals surface area contributed by atoms with Gasteiger partial charge in [0.25, 0.3) is 0 Å². The molecule has 5 nitrogen and oxygen atoms in total. The Morgan fingerprint density at radius 1 is 1.47 bits per heavy atom. The van der Waals surface area contributed by atoms with Crippen molar-refractivity contribution in [3.8, 4) is 0 Å². The van der Waals surface area contributed by atoms with E-state index in [0.29, 0.717) is 19.1 Å². The van der Waals surface area contributed by atoms with Crippen molar-refractivity contribution in [3.05, 3.63) is 16.1 Å². The van der Waals surface area contributed by atoms with E-state index in [-0.39, 0.29) is 0 Å². The van der Waals surface area contributed by atoms with Crippen LogP contribution < -0.4 is 5.32 Å². The number of hydrogen-bond donors (Lipinski definition) is 1. The third kappa shape index (κ3) is 4.24. The van der Waals surface area contributed by atoms with Gasteiger partial charge < -0.3 is 5.32 Å². The molecule has 2 rings (SSSR count). The number of nitrogens with one attached hydrogen (secondary N) is 1. The molecule has 1 N–H and O–H groups in total. The maximum absolute atomic E-state index is 11.4. The summed E-state index contributed by atoms with van der Waals surface area (Å²) in [5.74, 6) is 0. The van der Waals surface area contributed by atoms with Crippen LogP contribution in [0.25, 0.3) is 0 Å². The number of rotatable bonds is 5. The second-order valence-corrected chi connectivity index (χ2v) is 7.92. The molecular formula is C12H21N3O2S2. The van der Waals surface area contributed by atoms with Gasteiger partial charge in [-0.25, -0.2) is 17.7 Å². The number of aromatic nitrogens is 1. The molecule has 2 heterocycles. The molecule has 0 atom stereocenters. The van der Waals surface area contributed by atoms with E-state index in [4.69, 9.17) is 0 Å². The molecule has 0 aliphatic carbocycles. The fraction of sp³-hybridized carbons (Fsp3) is 0.750. The van der Waals surface area contributed by atoms with Crippen molar-refractivity contribution >= 4 is 21.4 Å². The Bertz CT molecular complexity index is 505. The van der Waals surface area contributed by atoms with E-state index in [0.717, 1.165) is 31.5 Å². The monoisotopic (exact) mass is 303 g/mol. The summed E-state index contributed by atoms with van der Waals surface area (Å²) < 4.78 is 24.4. The van der Waals surface area contributed by atoms with Crippen LogP contribution in [0.1, 0.15) is 23.4 Å². The molecule has 1 aliphatic heterocycles. The minimum absolute atomic E-state index is 0.436. The lowest BCUT2D eigenvalue weighted by Gasteiger charge is -2.30. The molecule has 1 saturated heterocycles. The average Bonchev–Trinajstić information content (AvgIpc) is 2.75. The fourth-order valence-corrected chi connectivity index (χ4v) is 4.00. The van der Waals surface area contributed by atoms with Crippen LogP contribution >= 0.6 is 11.3 Å². The van der Waals surface area contributed by atoms with Crippen LogP contribution in [0.2, 0.25) is 0 Å². The molecule has 1 aromatic rings. The van der Waals surface area contributed by atoms with Gasteiger partial charge in [0.15, 0.2) is 0 Å². The van der Waals surface area contributed by atoms with Gasteiger partial charge in [0.1, 0.15) is 0 Å². The highest BCUT2D eigenvalue weighted by Crippen LogP contribution is 2.15. The van der Waals surface area contributed by atoms with E-state index in [1.165, 1.54) is 11.1 Å². The second-order valence-electron chi connectivity index (χ2n) is 5.00. The number of hydrogen-bond acceptors (Lipinski definition) is 5. The van der Waals surface area contributed by atoms with Crippen molar-refractivity contribution < 1.29 is 8.42 Å². The van der Waals surface area contributed by atoms with Crippen molar-refractivity contribution in [1.29, 1.82) is 0 Å². The lowest BCUT2D eigenvalue weighted by Crippen LogP contribution is -2.44. The molecule has 19 heavy (non-hydrogen) atoms. The molecule has 0 spiro atoms. The molecule has 1 aliphatic rings. The summed E-state index contributed by atoms with van der Waals surface area (Å²) in [6, 6.07) is 0.436. The minimum Gasteiger partial charge on any atom is -0.314 e. The van der Waals surface area contributed by atoms with Gasteiger partial charge in [0, 0.05) is 30.6 Å². The third-order valence-electron chi connectivity index (χ3n) is 3.55. The Morgan fingerprint density at radius 2 is 2.16 bits per heavy atom. The van der Waals surface area contributed by atoms with Gasteiger partial charge in [-0.2, -0.15) is 0 Å². The van der Waals surface area contributed by atoms with Crippen LogP contribution in [-0.4, -0.2) is 49.6 Å². The summed E-state index contributed by atoms with van der Waals surface area (Å²) >= 11 is 1.70. The summed E-state index contributed by atoms with van der Waals surface area (Å²) in [5, 5.41) is 3.52. The second kappa shape index (κ2) is 6.30. The van der Waals surface area contributed by atoms with Crippen LogP contribution in [0.15, 0.2) is 5.51 Å². The molecule has 0 aromatic carbocycles. The molecule has 0 unspecified atom stereocenters. The summed E-state index contributed by atoms with van der Waals surface area (Å²) in [7, 11) is -3.01. The quantitative estimate of drug-likeness (QED) is 0.882. The SMILES string of the molecule is Cc1ncsc1CCNC1CCN(S(C)(=O)=O)CC1. The largest absolute Gasteiger partial charge is 0.314 e. The zero-order chi connectivity index (χ0) is 13.9. The Balaban J connectivity index is 1.70. The normalized spacial score (nSPS) is 18.8. The van der Waals surface area contributed by atoms with Gasteiger partial charge >= 0.3 is 0 Å². The number of thiazole rings is 1. The minimum atomic E-state index is -3.01. The smallest absolute Gasteiger partial charge is 0.211 e. The van der Waals surface area contributed by atoms with E-state index in [9.17, 15) is 8.42 Å². The highest BCUT2D eigenvalue weighted by atomic mass is 32.2. The van der Waals surface area contributed by atoms with Crippen LogP contribution in [-0.2, 0) is 16.4 Å². The average molecular weight is 303 g/mol. The van der Waals surface area contributed by atoms with Gasteiger partial charge in [0.05, 0.1) is 17.5 Å². The Labute approximate surface area is 119 Å². The van der Waals surface area contributed by atoms with Gasteiger partial charge in [-0.05, 0) is 26.2 Å². The van der Waals surface area contributed by atoms with E-state index in [1.807, 2.05) is 12.4 Å². The van der Waals surface area contributed by atoms with Crippen molar-refractivity contribution in [2.45, 2.75) is 32.2 Å². The van der Waals surface area contributed by atoms with Crippen LogP contribution in [0.5, 0.6) is 0 Å². The summed E-state index contributed by atoms with van der Waals surface area (Å²) in [6.07, 6.45) is 4.08. The van der Waals surface area contributed by atoms with E-state index in [1.54, 1.807) is 15.6 Å². The van der Waals surface area contributed by atoms with Crippen LogP contribution in [0.4, 0.5) is 0 Å². The predicted octanol–water partition coefficient (Wildman–Crippen LogP) is 1.01. The van der Waals surface area contributed by atoms with Crippen LogP contribution in [0, 0.1) is 6.92 Å². The maximum Gasteiger partial charge on any atom is 0.211 e. The number of aryl methyl sites for hydroxylation is 1. The van der Waals surface area contributed by atoms with E-state index < -0.39 is 10.0 Å². The van der Waals surface area contributed by atoms with Crippen molar-refractivity contribution in [2.75, 3.05) is 25.9 Å². The molecule has 0 bridgehead atoms. The third-order valence-corrected chi connectivity index (χ3v) is 5.85. The molecule has 7 heteroatoms. The summed E-state index contributed by atoms with van der Waals surface area (Å²) in [5.41, 5.74) is 3.01. The number of nitrogens with zero attached hydrogens (tertiary/aromatic N) is 2. The van der Waals surface area contributed by atoms with Gasteiger partial charge in [-0.15, -0.1) is 11.3 Å². The van der Waals surface area contributed by atoms with Gasteiger partial charge in [-0.3, -0.25) is 0 Å². The standard InChI is InChI=1S/C12H21N3O2S2/c1-10-12(18-9-14-10)3-6-13-11-4-7-15(8-5-11)19(2,16)17/h9,11,13H,3-8H2,1-2H3. The lowest BCUT2D eigenvalue weighted by atomic mass is 10.1. The van der Waals surface area contributed by atoms with Crippen LogP contribution in [0.3, 0.4) is 0 Å². The maximum atomic E-state index is 11.4. The Kier molecular flexibility index (Phi) is 4.94. The first-order valence-corrected chi connectivity index (χ1v) is 9.27. The Morgan fingerprint density at radius 3 is 2.68 bits per heavy atom. The predicted molar refractivity (Wildman–Crippen MR) is 78.0 cm³/mol. The zero-order valence-electron chi connectivity index (χ0n) is 11.4. The Hall–Kier alpha value is -0.500. The van der Waals surface area contributed by atoms with Crippen molar-refractivity contribution in [2.24, 2.45) is 0 Å². The topological polar surface area (TPSA) is 62.3 Å². The number of sulfonamides is 1. The van der Waals surface area contributed by atoms with E-state index in [2.05, 4.69) is 10.3 Å². The molecule has 1 aromatic heterocycles. The number of piperidine rings is 1. The summed E-state index contributed by atoms with van der Waals surface area (Å²) in [4.78, 5) is 5.57. The molecular weight excluding hydrogens is 282 g/mol. The highest BCUT2D eigenvalue weighted by molar-refractivity contribution is 7.88. The first kappa shape index (κ1) is 14.9. The first-order chi connectivity index (χ1) is 8.97. The molecule has 0 amide bonds. The summed E-state index contributed by atoms with van der Waals surface area (Å²) in [6.45, 7) is 4.25. The molecule has 1 fully saturated rings. The fourth-order valence-electron chi connectivity index (χ4n) is 2.35.